The van der Waals surface area contributed by atoms with Crippen LogP contribution in [0, 0.1) is 12.8 Å². The summed E-state index contributed by atoms with van der Waals surface area (Å²) >= 11 is 0. The van der Waals surface area contributed by atoms with E-state index in [0.29, 0.717) is 18.2 Å². The molecule has 1 atom stereocenters. The Morgan fingerprint density at radius 3 is 2.88 bits per heavy atom. The Morgan fingerprint density at radius 1 is 1.29 bits per heavy atom. The molecule has 1 aliphatic rings. The van der Waals surface area contributed by atoms with Gasteiger partial charge in [-0.2, -0.15) is 0 Å². The lowest BCUT2D eigenvalue weighted by molar-refractivity contribution is 0.0945. The maximum atomic E-state index is 12.2. The van der Waals surface area contributed by atoms with Gasteiger partial charge in [0, 0.05) is 19.6 Å². The van der Waals surface area contributed by atoms with E-state index < -0.39 is 0 Å². The molecule has 1 aromatic heterocycles. The third-order valence-electron chi connectivity index (χ3n) is 4.40. The summed E-state index contributed by atoms with van der Waals surface area (Å²) in [6, 6.07) is 11.7. The number of carbonyl (C=O) groups is 1. The predicted molar refractivity (Wildman–Crippen MR) is 95.0 cm³/mol. The van der Waals surface area contributed by atoms with E-state index in [4.69, 9.17) is 0 Å². The second-order valence-corrected chi connectivity index (χ2v) is 6.64. The molecular formula is C19H24N4O. The fraction of sp³-hybridized carbons (Fsp3) is 0.421. The van der Waals surface area contributed by atoms with Crippen LogP contribution in [0.1, 0.15) is 41.4 Å². The lowest BCUT2D eigenvalue weighted by Gasteiger charge is -2.31. The van der Waals surface area contributed by atoms with Gasteiger partial charge in [-0.15, -0.1) is 10.2 Å². The molecule has 1 amide bonds. The number of rotatable bonds is 4. The maximum absolute atomic E-state index is 12.2. The van der Waals surface area contributed by atoms with Gasteiger partial charge in [0.15, 0.2) is 11.5 Å². The van der Waals surface area contributed by atoms with E-state index in [0.717, 1.165) is 24.5 Å². The summed E-state index contributed by atoms with van der Waals surface area (Å²) in [6.07, 6.45) is 2.45. The summed E-state index contributed by atoms with van der Waals surface area (Å²) in [4.78, 5) is 14.5. The molecule has 1 saturated heterocycles. The number of carbonyl (C=O) groups excluding carboxylic acids is 1. The molecule has 0 saturated carbocycles. The first-order valence-electron chi connectivity index (χ1n) is 8.54. The molecule has 5 heteroatoms. The van der Waals surface area contributed by atoms with Crippen molar-refractivity contribution in [3.63, 3.8) is 0 Å². The number of aryl methyl sites for hydroxylation is 1. The number of hydrogen-bond acceptors (Lipinski definition) is 4. The van der Waals surface area contributed by atoms with Crippen molar-refractivity contribution in [3.8, 4) is 0 Å². The van der Waals surface area contributed by atoms with Crippen LogP contribution in [0.4, 0.5) is 5.82 Å². The normalized spacial score (nSPS) is 17.6. The average Bonchev–Trinajstić information content (AvgIpc) is 2.60. The third kappa shape index (κ3) is 4.10. The molecule has 0 aliphatic carbocycles. The van der Waals surface area contributed by atoms with E-state index in [1.807, 2.05) is 31.2 Å². The van der Waals surface area contributed by atoms with Gasteiger partial charge in [0.2, 0.25) is 0 Å². The van der Waals surface area contributed by atoms with Crippen LogP contribution < -0.4 is 10.2 Å². The molecule has 3 rings (SSSR count). The largest absolute Gasteiger partial charge is 0.355 e. The second kappa shape index (κ2) is 7.43. The SMILES string of the molecule is Cc1cccc(CNC(=O)c2ccc(N3CCCC(C)C3)nn2)c1. The predicted octanol–water partition coefficient (Wildman–Crippen LogP) is 2.95. The molecule has 2 aromatic rings. The molecule has 1 fully saturated rings. The zero-order chi connectivity index (χ0) is 16.9. The number of piperidine rings is 1. The number of aromatic nitrogens is 2. The second-order valence-electron chi connectivity index (χ2n) is 6.64. The Bertz CT molecular complexity index is 699. The molecule has 0 spiro atoms. The van der Waals surface area contributed by atoms with Crippen molar-refractivity contribution in [1.82, 2.24) is 15.5 Å². The zero-order valence-electron chi connectivity index (χ0n) is 14.3. The minimum absolute atomic E-state index is 0.192. The number of amides is 1. The molecule has 1 N–H and O–H groups in total. The van der Waals surface area contributed by atoms with E-state index in [1.165, 1.54) is 18.4 Å². The maximum Gasteiger partial charge on any atom is 0.272 e. The summed E-state index contributed by atoms with van der Waals surface area (Å²) in [5.74, 6) is 1.34. The topological polar surface area (TPSA) is 58.1 Å². The molecular weight excluding hydrogens is 300 g/mol. The van der Waals surface area contributed by atoms with Gasteiger partial charge in [-0.05, 0) is 43.4 Å². The number of nitrogens with zero attached hydrogens (tertiary/aromatic N) is 3. The van der Waals surface area contributed by atoms with E-state index in [2.05, 4.69) is 33.4 Å². The molecule has 0 radical (unpaired) electrons. The number of anilines is 1. The summed E-state index contributed by atoms with van der Waals surface area (Å²) in [5.41, 5.74) is 2.62. The van der Waals surface area contributed by atoms with Crippen molar-refractivity contribution < 1.29 is 4.79 Å². The Hall–Kier alpha value is -2.43. The van der Waals surface area contributed by atoms with E-state index in [1.54, 1.807) is 6.07 Å². The van der Waals surface area contributed by atoms with Gasteiger partial charge in [0.05, 0.1) is 0 Å². The first-order chi connectivity index (χ1) is 11.6. The van der Waals surface area contributed by atoms with Gasteiger partial charge in [0.1, 0.15) is 0 Å². The minimum atomic E-state index is -0.192. The van der Waals surface area contributed by atoms with Crippen molar-refractivity contribution >= 4 is 11.7 Å². The molecule has 126 valence electrons. The van der Waals surface area contributed by atoms with Crippen LogP contribution in [0.3, 0.4) is 0 Å². The quantitative estimate of drug-likeness (QED) is 0.939. The van der Waals surface area contributed by atoms with Gasteiger partial charge >= 0.3 is 0 Å². The smallest absolute Gasteiger partial charge is 0.272 e. The Morgan fingerprint density at radius 2 is 2.17 bits per heavy atom. The summed E-state index contributed by atoms with van der Waals surface area (Å²) in [7, 11) is 0. The highest BCUT2D eigenvalue weighted by Crippen LogP contribution is 2.20. The van der Waals surface area contributed by atoms with Crippen molar-refractivity contribution in [1.29, 1.82) is 0 Å². The number of hydrogen-bond donors (Lipinski definition) is 1. The van der Waals surface area contributed by atoms with E-state index >= 15 is 0 Å². The minimum Gasteiger partial charge on any atom is -0.355 e. The standard InChI is InChI=1S/C19H24N4O/c1-14-5-3-7-16(11-14)12-20-19(24)17-8-9-18(22-21-17)23-10-4-6-15(2)13-23/h3,5,7-9,11,15H,4,6,10,12-13H2,1-2H3,(H,20,24). The van der Waals surface area contributed by atoms with E-state index in [9.17, 15) is 4.79 Å². The fourth-order valence-corrected chi connectivity index (χ4v) is 3.11. The molecule has 24 heavy (non-hydrogen) atoms. The van der Waals surface area contributed by atoms with Crippen LogP contribution in [0.25, 0.3) is 0 Å². The lowest BCUT2D eigenvalue weighted by atomic mass is 10.0. The van der Waals surface area contributed by atoms with Crippen LogP contribution >= 0.6 is 0 Å². The van der Waals surface area contributed by atoms with Crippen molar-refractivity contribution in [2.24, 2.45) is 5.92 Å². The molecule has 1 aliphatic heterocycles. The summed E-state index contributed by atoms with van der Waals surface area (Å²) in [6.45, 7) is 6.81. The highest BCUT2D eigenvalue weighted by Gasteiger charge is 2.18. The van der Waals surface area contributed by atoms with Gasteiger partial charge in [-0.1, -0.05) is 36.8 Å². The highest BCUT2D eigenvalue weighted by molar-refractivity contribution is 5.92. The van der Waals surface area contributed by atoms with Crippen molar-refractivity contribution in [2.75, 3.05) is 18.0 Å². The Kier molecular flexibility index (Phi) is 5.08. The fourth-order valence-electron chi connectivity index (χ4n) is 3.11. The highest BCUT2D eigenvalue weighted by atomic mass is 16.1. The van der Waals surface area contributed by atoms with Crippen LogP contribution in [0.5, 0.6) is 0 Å². The lowest BCUT2D eigenvalue weighted by Crippen LogP contribution is -2.35. The zero-order valence-corrected chi connectivity index (χ0v) is 14.3. The summed E-state index contributed by atoms with van der Waals surface area (Å²) in [5, 5.41) is 11.2. The van der Waals surface area contributed by atoms with Crippen LogP contribution in [-0.4, -0.2) is 29.2 Å². The monoisotopic (exact) mass is 324 g/mol. The van der Waals surface area contributed by atoms with Gasteiger partial charge < -0.3 is 10.2 Å². The Labute approximate surface area is 143 Å². The number of nitrogens with one attached hydrogen (secondary N) is 1. The molecule has 0 bridgehead atoms. The molecule has 1 aromatic carbocycles. The molecule has 2 heterocycles. The molecule has 1 unspecified atom stereocenters. The van der Waals surface area contributed by atoms with Gasteiger partial charge in [0.25, 0.3) is 5.91 Å². The van der Waals surface area contributed by atoms with Crippen molar-refractivity contribution in [2.45, 2.75) is 33.2 Å². The summed E-state index contributed by atoms with van der Waals surface area (Å²) < 4.78 is 0. The van der Waals surface area contributed by atoms with E-state index in [-0.39, 0.29) is 5.91 Å². The van der Waals surface area contributed by atoms with Gasteiger partial charge in [-0.25, -0.2) is 0 Å². The van der Waals surface area contributed by atoms with Gasteiger partial charge in [-0.3, -0.25) is 4.79 Å². The molecule has 5 nitrogen and oxygen atoms in total. The Balaban J connectivity index is 1.59. The van der Waals surface area contributed by atoms with Crippen LogP contribution in [0.2, 0.25) is 0 Å². The van der Waals surface area contributed by atoms with Crippen molar-refractivity contribution in [3.05, 3.63) is 53.2 Å². The first kappa shape index (κ1) is 16.4. The van der Waals surface area contributed by atoms with Crippen LogP contribution in [0.15, 0.2) is 36.4 Å². The third-order valence-corrected chi connectivity index (χ3v) is 4.40. The number of benzene rings is 1. The van der Waals surface area contributed by atoms with Crippen LogP contribution in [-0.2, 0) is 6.54 Å². The first-order valence-corrected chi connectivity index (χ1v) is 8.54. The average molecular weight is 324 g/mol.